The molecule has 2 aromatic carbocycles. The van der Waals surface area contributed by atoms with Crippen LogP contribution in [0.4, 0.5) is 4.39 Å². The Balaban J connectivity index is 1.80. The molecular formula is C24H25BrFN2O3+. The molecule has 0 fully saturated rings. The molecule has 7 heteroatoms. The highest BCUT2D eigenvalue weighted by Gasteiger charge is 2.42. The Labute approximate surface area is 188 Å². The summed E-state index contributed by atoms with van der Waals surface area (Å²) in [5.74, 6) is -0.565. The first-order chi connectivity index (χ1) is 14.9. The third-order valence-electron chi connectivity index (χ3n) is 6.04. The Bertz CT molecular complexity index is 1170. The number of nitrogens with one attached hydrogen (secondary N) is 1. The van der Waals surface area contributed by atoms with Gasteiger partial charge in [-0.2, -0.15) is 0 Å². The first-order valence-corrected chi connectivity index (χ1v) is 11.4. The van der Waals surface area contributed by atoms with Crippen molar-refractivity contribution in [2.45, 2.75) is 26.3 Å². The van der Waals surface area contributed by atoms with Gasteiger partial charge in [-0.05, 0) is 49.7 Å². The summed E-state index contributed by atoms with van der Waals surface area (Å²) in [4.78, 5) is 29.9. The van der Waals surface area contributed by atoms with Crippen molar-refractivity contribution < 1.29 is 18.5 Å². The summed E-state index contributed by atoms with van der Waals surface area (Å²) in [6, 6.07) is 10.6. The summed E-state index contributed by atoms with van der Waals surface area (Å²) in [5.41, 5.74) is 1.19. The summed E-state index contributed by atoms with van der Waals surface area (Å²) < 4.78 is 20.3. The second-order valence-corrected chi connectivity index (χ2v) is 8.74. The highest BCUT2D eigenvalue weighted by Crippen LogP contribution is 2.38. The van der Waals surface area contributed by atoms with Crippen LogP contribution in [0.2, 0.25) is 0 Å². The van der Waals surface area contributed by atoms with Crippen molar-refractivity contribution >= 4 is 32.8 Å². The van der Waals surface area contributed by atoms with Crippen LogP contribution in [-0.2, 0) is 0 Å². The number of quaternary nitrogens is 1. The lowest BCUT2D eigenvalue weighted by Crippen LogP contribution is -3.11. The van der Waals surface area contributed by atoms with Crippen LogP contribution in [0.3, 0.4) is 0 Å². The molecule has 0 unspecified atom stereocenters. The highest BCUT2D eigenvalue weighted by molar-refractivity contribution is 9.10. The van der Waals surface area contributed by atoms with Crippen LogP contribution < -0.4 is 10.3 Å². The van der Waals surface area contributed by atoms with Gasteiger partial charge < -0.3 is 14.2 Å². The standard InChI is InChI=1S/C24H24BrFN2O3/c1-3-27(4-2)12-5-13-28-21(15-6-9-17(26)10-7-15)20-22(29)18-14-16(25)8-11-19(18)31-23(20)24(28)30/h6-11,14,21H,3-5,12-13H2,1-2H3/p+1/t21-/m1/s1. The van der Waals surface area contributed by atoms with Crippen LogP contribution in [0.25, 0.3) is 11.0 Å². The van der Waals surface area contributed by atoms with E-state index in [-0.39, 0.29) is 22.9 Å². The zero-order valence-corrected chi connectivity index (χ0v) is 19.2. The number of hydrogen-bond acceptors (Lipinski definition) is 3. The number of amides is 1. The largest absolute Gasteiger partial charge is 0.450 e. The number of benzene rings is 2. The summed E-state index contributed by atoms with van der Waals surface area (Å²) in [5, 5.41) is 0.419. The molecule has 0 saturated heterocycles. The van der Waals surface area contributed by atoms with Gasteiger partial charge in [-0.15, -0.1) is 0 Å². The van der Waals surface area contributed by atoms with E-state index in [1.165, 1.54) is 17.0 Å². The number of rotatable bonds is 7. The van der Waals surface area contributed by atoms with E-state index in [0.29, 0.717) is 28.6 Å². The molecule has 1 aliphatic heterocycles. The molecule has 1 atom stereocenters. The fourth-order valence-corrected chi connectivity index (χ4v) is 4.68. The van der Waals surface area contributed by atoms with Gasteiger partial charge in [-0.1, -0.05) is 28.1 Å². The van der Waals surface area contributed by atoms with Gasteiger partial charge in [0, 0.05) is 17.4 Å². The Morgan fingerprint density at radius 3 is 2.48 bits per heavy atom. The molecule has 1 N–H and O–H groups in total. The molecule has 0 saturated carbocycles. The average Bonchev–Trinajstić information content (AvgIpc) is 3.04. The summed E-state index contributed by atoms with van der Waals surface area (Å²) in [6.45, 7) is 7.75. The first kappa shape index (κ1) is 21.7. The SMILES string of the molecule is CC[NH+](CC)CCCN1C(=O)c2oc3ccc(Br)cc3c(=O)c2[C@H]1c1ccc(F)cc1. The molecule has 0 aliphatic carbocycles. The second kappa shape index (κ2) is 8.93. The molecule has 0 bridgehead atoms. The predicted molar refractivity (Wildman–Crippen MR) is 121 cm³/mol. The summed E-state index contributed by atoms with van der Waals surface area (Å²) >= 11 is 3.40. The van der Waals surface area contributed by atoms with Gasteiger partial charge in [-0.25, -0.2) is 4.39 Å². The first-order valence-electron chi connectivity index (χ1n) is 10.6. The van der Waals surface area contributed by atoms with Crippen LogP contribution in [-0.4, -0.2) is 37.0 Å². The fourth-order valence-electron chi connectivity index (χ4n) is 4.32. The van der Waals surface area contributed by atoms with Gasteiger partial charge >= 0.3 is 0 Å². The van der Waals surface area contributed by atoms with Crippen LogP contribution in [0, 0.1) is 5.82 Å². The van der Waals surface area contributed by atoms with E-state index in [1.807, 2.05) is 0 Å². The normalized spacial score (nSPS) is 15.8. The third-order valence-corrected chi connectivity index (χ3v) is 6.54. The fraction of sp³-hybridized carbons (Fsp3) is 0.333. The number of fused-ring (bicyclic) bond motifs is 2. The van der Waals surface area contributed by atoms with Crippen molar-refractivity contribution in [3.8, 4) is 0 Å². The van der Waals surface area contributed by atoms with E-state index in [4.69, 9.17) is 4.42 Å². The minimum atomic E-state index is -0.588. The van der Waals surface area contributed by atoms with E-state index < -0.39 is 6.04 Å². The van der Waals surface area contributed by atoms with Crippen molar-refractivity contribution in [3.63, 3.8) is 0 Å². The van der Waals surface area contributed by atoms with E-state index >= 15 is 0 Å². The van der Waals surface area contributed by atoms with Crippen LogP contribution in [0.5, 0.6) is 0 Å². The maximum absolute atomic E-state index is 13.6. The number of hydrogen-bond donors (Lipinski definition) is 1. The maximum atomic E-state index is 13.6. The van der Waals surface area contributed by atoms with Gasteiger partial charge in [0.15, 0.2) is 5.43 Å². The number of carbonyl (C=O) groups excluding carboxylic acids is 1. The highest BCUT2D eigenvalue weighted by atomic mass is 79.9. The molecule has 1 aromatic heterocycles. The van der Waals surface area contributed by atoms with Gasteiger partial charge in [0.05, 0.1) is 36.6 Å². The van der Waals surface area contributed by atoms with Crippen molar-refractivity contribution in [1.29, 1.82) is 0 Å². The van der Waals surface area contributed by atoms with E-state index in [0.717, 1.165) is 30.5 Å². The molecule has 3 aromatic rings. The van der Waals surface area contributed by atoms with E-state index in [1.54, 1.807) is 35.2 Å². The number of nitrogens with zero attached hydrogens (tertiary/aromatic N) is 1. The van der Waals surface area contributed by atoms with Crippen LogP contribution in [0.15, 0.2) is 56.1 Å². The van der Waals surface area contributed by atoms with Crippen molar-refractivity contribution in [1.82, 2.24) is 4.90 Å². The maximum Gasteiger partial charge on any atom is 0.290 e. The van der Waals surface area contributed by atoms with Gasteiger partial charge in [0.25, 0.3) is 5.91 Å². The van der Waals surface area contributed by atoms with E-state index in [2.05, 4.69) is 29.8 Å². The van der Waals surface area contributed by atoms with Crippen molar-refractivity contribution in [3.05, 3.63) is 79.9 Å². The third kappa shape index (κ3) is 4.04. The molecular weight excluding hydrogens is 463 g/mol. The van der Waals surface area contributed by atoms with Gasteiger partial charge in [0.1, 0.15) is 11.4 Å². The van der Waals surface area contributed by atoms with Crippen molar-refractivity contribution in [2.24, 2.45) is 0 Å². The van der Waals surface area contributed by atoms with Crippen molar-refractivity contribution in [2.75, 3.05) is 26.2 Å². The lowest BCUT2D eigenvalue weighted by Gasteiger charge is -2.26. The Hall–Kier alpha value is -2.51. The Kier molecular flexibility index (Phi) is 6.25. The molecule has 5 nitrogen and oxygen atoms in total. The average molecular weight is 488 g/mol. The molecule has 4 rings (SSSR count). The number of carbonyl (C=O) groups is 1. The van der Waals surface area contributed by atoms with Crippen LogP contribution >= 0.6 is 15.9 Å². The Morgan fingerprint density at radius 1 is 1.10 bits per heavy atom. The molecule has 1 amide bonds. The zero-order valence-electron chi connectivity index (χ0n) is 17.6. The molecule has 0 radical (unpaired) electrons. The quantitative estimate of drug-likeness (QED) is 0.554. The Morgan fingerprint density at radius 2 is 1.81 bits per heavy atom. The molecule has 2 heterocycles. The molecule has 1 aliphatic rings. The molecule has 0 spiro atoms. The minimum absolute atomic E-state index is 0.0873. The van der Waals surface area contributed by atoms with Gasteiger partial charge in [0.2, 0.25) is 5.76 Å². The lowest BCUT2D eigenvalue weighted by molar-refractivity contribution is -0.896. The smallest absolute Gasteiger partial charge is 0.290 e. The molecule has 162 valence electrons. The van der Waals surface area contributed by atoms with Gasteiger partial charge in [-0.3, -0.25) is 9.59 Å². The van der Waals surface area contributed by atoms with Crippen LogP contribution in [0.1, 0.15) is 48.0 Å². The topological polar surface area (TPSA) is 55.0 Å². The summed E-state index contributed by atoms with van der Waals surface area (Å²) in [7, 11) is 0. The predicted octanol–water partition coefficient (Wildman–Crippen LogP) is 3.55. The monoisotopic (exact) mass is 487 g/mol. The van der Waals surface area contributed by atoms with E-state index in [9.17, 15) is 14.0 Å². The zero-order chi connectivity index (χ0) is 22.1. The summed E-state index contributed by atoms with van der Waals surface area (Å²) in [6.07, 6.45) is 0.799. The minimum Gasteiger partial charge on any atom is -0.450 e. The molecule has 31 heavy (non-hydrogen) atoms. The lowest BCUT2D eigenvalue weighted by atomic mass is 9.98. The second-order valence-electron chi connectivity index (χ2n) is 7.83. The number of halogens is 2.